The van der Waals surface area contributed by atoms with Crippen LogP contribution >= 0.6 is 39.2 Å². The molecule has 3 aromatic rings. The molecule has 0 aliphatic carbocycles. The molecule has 0 saturated carbocycles. The number of hydrogen-bond acceptors (Lipinski definition) is 6. The maximum absolute atomic E-state index is 14.3. The van der Waals surface area contributed by atoms with Crippen LogP contribution in [0.4, 0.5) is 9.39 Å². The maximum atomic E-state index is 14.3. The number of methoxy groups -OCH3 is 1. The highest BCUT2D eigenvalue weighted by Gasteiger charge is 2.49. The Morgan fingerprint density at radius 1 is 1.09 bits per heavy atom. The van der Waals surface area contributed by atoms with Crippen molar-refractivity contribution >= 4 is 68.9 Å². The maximum Gasteiger partial charge on any atom is 0.351 e. The normalized spacial score (nSPS) is 11.9. The summed E-state index contributed by atoms with van der Waals surface area (Å²) in [6.45, 7) is 7.24. The summed E-state index contributed by atoms with van der Waals surface area (Å²) >= 11 is 5.65. The zero-order valence-electron chi connectivity index (χ0n) is 19.0. The number of benzene rings is 2. The third-order valence-electron chi connectivity index (χ3n) is 5.25. The van der Waals surface area contributed by atoms with Gasteiger partial charge in [0.05, 0.1) is 11.6 Å². The number of ether oxygens (including phenoxy) is 1. The Morgan fingerprint density at radius 2 is 1.64 bits per heavy atom. The molecule has 0 aliphatic heterocycles. The summed E-state index contributed by atoms with van der Waals surface area (Å²) in [5, 5.41) is 2.90. The van der Waals surface area contributed by atoms with E-state index in [1.165, 1.54) is 29.4 Å². The molecule has 33 heavy (non-hydrogen) atoms. The number of carbonyl (C=O) groups is 1. The van der Waals surface area contributed by atoms with Gasteiger partial charge in [-0.25, -0.2) is 9.18 Å². The van der Waals surface area contributed by atoms with Crippen molar-refractivity contribution in [3.8, 4) is 0 Å². The zero-order chi connectivity index (χ0) is 24.1. The smallest absolute Gasteiger partial charge is 0.351 e. The van der Waals surface area contributed by atoms with Crippen molar-refractivity contribution in [2.75, 3.05) is 24.2 Å². The molecule has 0 spiro atoms. The summed E-state index contributed by atoms with van der Waals surface area (Å²) in [6.07, 6.45) is 0. The lowest BCUT2D eigenvalue weighted by molar-refractivity contribution is 0.0601. The molecule has 0 radical (unpaired) electrons. The van der Waals surface area contributed by atoms with Crippen molar-refractivity contribution in [3.63, 3.8) is 0 Å². The Labute approximate surface area is 212 Å². The monoisotopic (exact) mass is 567 g/mol. The number of rotatable bonds is 9. The van der Waals surface area contributed by atoms with Crippen LogP contribution in [-0.4, -0.2) is 33.8 Å². The molecule has 4 nitrogen and oxygen atoms in total. The van der Waals surface area contributed by atoms with Gasteiger partial charge in [-0.05, 0) is 43.3 Å². The van der Waals surface area contributed by atoms with E-state index in [4.69, 9.17) is 4.43 Å². The van der Waals surface area contributed by atoms with E-state index < -0.39 is 20.1 Å². The first-order valence-corrected chi connectivity index (χ1v) is 14.9. The van der Waals surface area contributed by atoms with Crippen LogP contribution in [0.15, 0.2) is 65.1 Å². The van der Waals surface area contributed by atoms with Crippen LogP contribution in [0.2, 0.25) is 5.04 Å². The number of anilines is 1. The van der Waals surface area contributed by atoms with Gasteiger partial charge in [-0.1, -0.05) is 81.4 Å². The van der Waals surface area contributed by atoms with E-state index in [1.807, 2.05) is 12.1 Å². The Morgan fingerprint density at radius 3 is 2.12 bits per heavy atom. The SMILES string of the molecule is COC(=O)c1sc(NSCCO[Si](c2ccccc2)(c2ccccc2)C(C)(C)C)c(Br)c1F. The predicted molar refractivity (Wildman–Crippen MR) is 143 cm³/mol. The number of halogens is 2. The van der Waals surface area contributed by atoms with Gasteiger partial charge >= 0.3 is 5.97 Å². The van der Waals surface area contributed by atoms with Gasteiger partial charge in [0.2, 0.25) is 0 Å². The number of nitrogens with one attached hydrogen (secondary N) is 1. The van der Waals surface area contributed by atoms with E-state index in [-0.39, 0.29) is 14.4 Å². The van der Waals surface area contributed by atoms with E-state index >= 15 is 0 Å². The average Bonchev–Trinajstić information content (AvgIpc) is 3.10. The minimum absolute atomic E-state index is 0.0592. The highest BCUT2D eigenvalue weighted by Crippen LogP contribution is 2.39. The van der Waals surface area contributed by atoms with E-state index in [0.717, 1.165) is 11.3 Å². The van der Waals surface area contributed by atoms with Gasteiger partial charge in [-0.15, -0.1) is 11.3 Å². The third-order valence-corrected chi connectivity index (χ3v) is 13.2. The summed E-state index contributed by atoms with van der Waals surface area (Å²) in [5.41, 5.74) is 0. The van der Waals surface area contributed by atoms with Crippen molar-refractivity contribution in [2.24, 2.45) is 0 Å². The van der Waals surface area contributed by atoms with E-state index in [1.54, 1.807) is 0 Å². The first-order chi connectivity index (χ1) is 15.7. The fourth-order valence-corrected chi connectivity index (χ4v) is 10.9. The zero-order valence-corrected chi connectivity index (χ0v) is 23.2. The van der Waals surface area contributed by atoms with Crippen molar-refractivity contribution in [1.29, 1.82) is 0 Å². The lowest BCUT2D eigenvalue weighted by atomic mass is 10.2. The largest absolute Gasteiger partial charge is 0.465 e. The highest BCUT2D eigenvalue weighted by molar-refractivity contribution is 9.10. The predicted octanol–water partition coefficient (Wildman–Crippen LogP) is 6.07. The van der Waals surface area contributed by atoms with Crippen LogP contribution in [0.25, 0.3) is 0 Å². The van der Waals surface area contributed by atoms with Crippen molar-refractivity contribution in [1.82, 2.24) is 0 Å². The summed E-state index contributed by atoms with van der Waals surface area (Å²) in [4.78, 5) is 11.7. The summed E-state index contributed by atoms with van der Waals surface area (Å²) < 4.78 is 29.1. The van der Waals surface area contributed by atoms with E-state index in [9.17, 15) is 9.18 Å². The molecule has 0 unspecified atom stereocenters. The second-order valence-corrected chi connectivity index (χ2v) is 15.4. The molecular formula is C24H27BrFNO3S2Si. The third kappa shape index (κ3) is 5.54. The lowest BCUT2D eigenvalue weighted by Crippen LogP contribution is -2.66. The Kier molecular flexibility index (Phi) is 8.80. The molecule has 1 aromatic heterocycles. The fourth-order valence-electron chi connectivity index (χ4n) is 3.80. The standard InChI is InChI=1S/C24H27BrFNO3S2Si/c1-24(2,3)33(17-11-7-5-8-12-17,18-13-9-6-10-14-18)30-15-16-31-27-22-19(25)20(26)21(32-22)23(28)29-4/h5-14,27H,15-16H2,1-4H3. The van der Waals surface area contributed by atoms with Crippen LogP contribution in [0.3, 0.4) is 0 Å². The van der Waals surface area contributed by atoms with Gasteiger partial charge in [-0.2, -0.15) is 0 Å². The minimum Gasteiger partial charge on any atom is -0.465 e. The minimum atomic E-state index is -2.58. The van der Waals surface area contributed by atoms with Crippen LogP contribution in [0.5, 0.6) is 0 Å². The summed E-state index contributed by atoms with van der Waals surface area (Å²) in [5.74, 6) is -0.658. The molecule has 9 heteroatoms. The molecule has 176 valence electrons. The molecule has 0 bridgehead atoms. The number of carbonyl (C=O) groups excluding carboxylic acids is 1. The van der Waals surface area contributed by atoms with E-state index in [0.29, 0.717) is 17.4 Å². The Hall–Kier alpha value is -1.65. The molecule has 3 rings (SSSR count). The lowest BCUT2D eigenvalue weighted by Gasteiger charge is -2.43. The van der Waals surface area contributed by atoms with E-state index in [2.05, 4.69) is 94.7 Å². The van der Waals surface area contributed by atoms with Crippen molar-refractivity contribution < 1.29 is 18.3 Å². The van der Waals surface area contributed by atoms with Gasteiger partial charge in [0.25, 0.3) is 8.32 Å². The molecular weight excluding hydrogens is 541 g/mol. The first-order valence-electron chi connectivity index (χ1n) is 10.4. The van der Waals surface area contributed by atoms with Gasteiger partial charge in [0.15, 0.2) is 10.7 Å². The van der Waals surface area contributed by atoms with Gasteiger partial charge in [0, 0.05) is 12.4 Å². The number of thiophene rings is 1. The van der Waals surface area contributed by atoms with Crippen LogP contribution < -0.4 is 15.1 Å². The molecule has 0 atom stereocenters. The van der Waals surface area contributed by atoms with Gasteiger partial charge in [0.1, 0.15) is 5.00 Å². The van der Waals surface area contributed by atoms with Crippen molar-refractivity contribution in [3.05, 3.63) is 75.8 Å². The second kappa shape index (κ2) is 11.2. The first kappa shape index (κ1) is 26.0. The summed E-state index contributed by atoms with van der Waals surface area (Å²) in [6, 6.07) is 20.9. The van der Waals surface area contributed by atoms with Crippen molar-refractivity contribution in [2.45, 2.75) is 25.8 Å². The molecule has 1 N–H and O–H groups in total. The molecule has 1 heterocycles. The number of esters is 1. The van der Waals surface area contributed by atoms with Gasteiger partial charge in [-0.3, -0.25) is 0 Å². The highest BCUT2D eigenvalue weighted by atomic mass is 79.9. The quantitative estimate of drug-likeness (QED) is 0.147. The topological polar surface area (TPSA) is 47.6 Å². The Balaban J connectivity index is 1.76. The second-order valence-electron chi connectivity index (χ2n) is 8.34. The van der Waals surface area contributed by atoms with Crippen LogP contribution in [0, 0.1) is 5.82 Å². The van der Waals surface area contributed by atoms with Crippen LogP contribution in [-0.2, 0) is 9.16 Å². The molecule has 0 saturated heterocycles. The molecule has 0 amide bonds. The fraction of sp³-hybridized carbons (Fsp3) is 0.292. The molecule has 2 aromatic carbocycles. The summed E-state index contributed by atoms with van der Waals surface area (Å²) in [7, 11) is -1.35. The number of hydrogen-bond donors (Lipinski definition) is 1. The molecule has 0 aliphatic rings. The average molecular weight is 569 g/mol. The van der Waals surface area contributed by atoms with Gasteiger partial charge < -0.3 is 13.9 Å². The van der Waals surface area contributed by atoms with Crippen LogP contribution in [0.1, 0.15) is 30.4 Å². The molecule has 0 fully saturated rings. The Bertz CT molecular complexity index is 1040.